The normalized spacial score (nSPS) is 11.9. The molecule has 3 heteroatoms. The summed E-state index contributed by atoms with van der Waals surface area (Å²) < 4.78 is 0. The molecule has 0 aliphatic rings. The van der Waals surface area contributed by atoms with Crippen molar-refractivity contribution in [3.63, 3.8) is 0 Å². The van der Waals surface area contributed by atoms with E-state index in [-0.39, 0.29) is 11.9 Å². The predicted octanol–water partition coefficient (Wildman–Crippen LogP) is 5.71. The van der Waals surface area contributed by atoms with Gasteiger partial charge in [0.15, 0.2) is 0 Å². The first kappa shape index (κ1) is 18.9. The van der Waals surface area contributed by atoms with Crippen LogP contribution in [0.15, 0.2) is 91.0 Å². The fourth-order valence-electron chi connectivity index (χ4n) is 3.68. The van der Waals surface area contributed by atoms with Crippen molar-refractivity contribution >= 4 is 16.8 Å². The van der Waals surface area contributed by atoms with Crippen molar-refractivity contribution in [2.45, 2.75) is 25.8 Å². The maximum atomic E-state index is 12.9. The van der Waals surface area contributed by atoms with E-state index in [4.69, 9.17) is 4.98 Å². The number of benzene rings is 3. The van der Waals surface area contributed by atoms with Crippen LogP contribution in [0.1, 0.15) is 30.5 Å². The minimum atomic E-state index is 0.0189. The number of rotatable bonds is 6. The highest BCUT2D eigenvalue weighted by molar-refractivity contribution is 5.90. The first-order chi connectivity index (χ1) is 14.2. The third-order valence-corrected chi connectivity index (χ3v) is 5.17. The molecule has 0 saturated carbocycles. The Morgan fingerprint density at radius 3 is 2.28 bits per heavy atom. The van der Waals surface area contributed by atoms with Crippen molar-refractivity contribution in [2.75, 3.05) is 0 Å². The topological polar surface area (TPSA) is 42.0 Å². The lowest BCUT2D eigenvalue weighted by atomic mass is 10.0. The van der Waals surface area contributed by atoms with E-state index in [1.54, 1.807) is 0 Å². The molecule has 1 aromatic heterocycles. The second kappa shape index (κ2) is 8.70. The Kier molecular flexibility index (Phi) is 5.66. The molecule has 0 unspecified atom stereocenters. The van der Waals surface area contributed by atoms with Gasteiger partial charge < -0.3 is 5.32 Å². The lowest BCUT2D eigenvalue weighted by Crippen LogP contribution is -2.29. The highest BCUT2D eigenvalue weighted by Crippen LogP contribution is 2.25. The quantitative estimate of drug-likeness (QED) is 0.465. The smallest absolute Gasteiger partial charge is 0.224 e. The Hall–Kier alpha value is -3.46. The summed E-state index contributed by atoms with van der Waals surface area (Å²) in [6, 6.07) is 30.3. The van der Waals surface area contributed by atoms with Gasteiger partial charge in [-0.25, -0.2) is 4.98 Å². The van der Waals surface area contributed by atoms with Gasteiger partial charge in [-0.1, -0.05) is 85.8 Å². The molecule has 0 spiro atoms. The molecule has 1 amide bonds. The average Bonchev–Trinajstić information content (AvgIpc) is 2.78. The van der Waals surface area contributed by atoms with E-state index in [0.717, 1.165) is 39.7 Å². The zero-order valence-electron chi connectivity index (χ0n) is 16.5. The van der Waals surface area contributed by atoms with Crippen LogP contribution in [0.25, 0.3) is 22.2 Å². The Morgan fingerprint density at radius 2 is 1.55 bits per heavy atom. The van der Waals surface area contributed by atoms with E-state index in [1.165, 1.54) is 0 Å². The molecule has 0 radical (unpaired) electrons. The van der Waals surface area contributed by atoms with Crippen LogP contribution in [0.3, 0.4) is 0 Å². The van der Waals surface area contributed by atoms with Crippen molar-refractivity contribution < 1.29 is 4.79 Å². The molecule has 1 atom stereocenters. The van der Waals surface area contributed by atoms with Crippen LogP contribution in [0.5, 0.6) is 0 Å². The van der Waals surface area contributed by atoms with E-state index in [0.29, 0.717) is 6.42 Å². The average molecular weight is 380 g/mol. The SMILES string of the molecule is CC[C@H](NC(=O)Cc1cc(-c2ccccc2)nc2ccccc12)c1ccccc1. The minimum absolute atomic E-state index is 0.0189. The van der Waals surface area contributed by atoms with Crippen LogP contribution in [-0.2, 0) is 11.2 Å². The molecular formula is C26H24N2O. The summed E-state index contributed by atoms with van der Waals surface area (Å²) in [5, 5.41) is 4.22. The fourth-order valence-corrected chi connectivity index (χ4v) is 3.68. The maximum Gasteiger partial charge on any atom is 0.224 e. The number of carbonyl (C=O) groups excluding carboxylic acids is 1. The molecule has 3 nitrogen and oxygen atoms in total. The van der Waals surface area contributed by atoms with Gasteiger partial charge in [0.1, 0.15) is 0 Å². The highest BCUT2D eigenvalue weighted by atomic mass is 16.1. The number of amides is 1. The molecule has 0 saturated heterocycles. The molecule has 1 heterocycles. The molecule has 0 bridgehead atoms. The monoisotopic (exact) mass is 380 g/mol. The van der Waals surface area contributed by atoms with Gasteiger partial charge in [0.25, 0.3) is 0 Å². The number of pyridine rings is 1. The Labute approximate surface area is 171 Å². The van der Waals surface area contributed by atoms with Crippen molar-refractivity contribution in [3.8, 4) is 11.3 Å². The number of para-hydroxylation sites is 1. The molecule has 29 heavy (non-hydrogen) atoms. The molecular weight excluding hydrogens is 356 g/mol. The Morgan fingerprint density at radius 1 is 0.897 bits per heavy atom. The summed E-state index contributed by atoms with van der Waals surface area (Å²) in [6.45, 7) is 2.09. The number of nitrogens with zero attached hydrogens (tertiary/aromatic N) is 1. The predicted molar refractivity (Wildman–Crippen MR) is 118 cm³/mol. The number of nitrogens with one attached hydrogen (secondary N) is 1. The Balaban J connectivity index is 1.63. The number of carbonyl (C=O) groups is 1. The van der Waals surface area contributed by atoms with E-state index in [9.17, 15) is 4.79 Å². The van der Waals surface area contributed by atoms with Gasteiger partial charge in [0.2, 0.25) is 5.91 Å². The summed E-state index contributed by atoms with van der Waals surface area (Å²) in [5.41, 5.74) is 4.98. The van der Waals surface area contributed by atoms with E-state index in [2.05, 4.69) is 24.4 Å². The Bertz CT molecular complexity index is 1110. The summed E-state index contributed by atoms with van der Waals surface area (Å²) >= 11 is 0. The van der Waals surface area contributed by atoms with Crippen LogP contribution in [0.2, 0.25) is 0 Å². The second-order valence-corrected chi connectivity index (χ2v) is 7.17. The van der Waals surface area contributed by atoms with Gasteiger partial charge in [-0.3, -0.25) is 4.79 Å². The third kappa shape index (κ3) is 4.35. The largest absolute Gasteiger partial charge is 0.349 e. The summed E-state index contributed by atoms with van der Waals surface area (Å²) in [7, 11) is 0. The lowest BCUT2D eigenvalue weighted by molar-refractivity contribution is -0.121. The van der Waals surface area contributed by atoms with E-state index < -0.39 is 0 Å². The van der Waals surface area contributed by atoms with Crippen LogP contribution in [0.4, 0.5) is 0 Å². The third-order valence-electron chi connectivity index (χ3n) is 5.17. The van der Waals surface area contributed by atoms with E-state index >= 15 is 0 Å². The van der Waals surface area contributed by atoms with Gasteiger partial charge in [-0.2, -0.15) is 0 Å². The number of fused-ring (bicyclic) bond motifs is 1. The molecule has 1 N–H and O–H groups in total. The van der Waals surface area contributed by atoms with Crippen LogP contribution in [0, 0.1) is 0 Å². The number of aromatic nitrogens is 1. The van der Waals surface area contributed by atoms with Crippen LogP contribution in [-0.4, -0.2) is 10.9 Å². The van der Waals surface area contributed by atoms with Crippen molar-refractivity contribution in [1.82, 2.24) is 10.3 Å². The summed E-state index contributed by atoms with van der Waals surface area (Å²) in [5.74, 6) is 0.0241. The van der Waals surface area contributed by atoms with Gasteiger partial charge in [0.05, 0.1) is 23.7 Å². The molecule has 0 aliphatic carbocycles. The van der Waals surface area contributed by atoms with Crippen LogP contribution >= 0.6 is 0 Å². The summed E-state index contributed by atoms with van der Waals surface area (Å²) in [6.07, 6.45) is 1.17. The van der Waals surface area contributed by atoms with Gasteiger partial charge in [0, 0.05) is 10.9 Å². The van der Waals surface area contributed by atoms with Crippen molar-refractivity contribution in [3.05, 3.63) is 102 Å². The standard InChI is InChI=1S/C26H24N2O/c1-2-23(19-11-5-3-6-12-19)28-26(29)18-21-17-25(20-13-7-4-8-14-20)27-24-16-10-9-15-22(21)24/h3-17,23H,2,18H2,1H3,(H,28,29)/t23-/m0/s1. The molecule has 144 valence electrons. The van der Waals surface area contributed by atoms with Crippen molar-refractivity contribution in [1.29, 1.82) is 0 Å². The number of hydrogen-bond acceptors (Lipinski definition) is 2. The van der Waals surface area contributed by atoms with Gasteiger partial charge >= 0.3 is 0 Å². The number of hydrogen-bond donors (Lipinski definition) is 1. The van der Waals surface area contributed by atoms with Crippen LogP contribution < -0.4 is 5.32 Å². The molecule has 0 fully saturated rings. The summed E-state index contributed by atoms with van der Waals surface area (Å²) in [4.78, 5) is 17.7. The maximum absolute atomic E-state index is 12.9. The molecule has 3 aromatic carbocycles. The van der Waals surface area contributed by atoms with Gasteiger partial charge in [-0.15, -0.1) is 0 Å². The van der Waals surface area contributed by atoms with E-state index in [1.807, 2.05) is 78.9 Å². The minimum Gasteiger partial charge on any atom is -0.349 e. The zero-order valence-corrected chi connectivity index (χ0v) is 16.5. The van der Waals surface area contributed by atoms with Crippen molar-refractivity contribution in [2.24, 2.45) is 0 Å². The molecule has 0 aliphatic heterocycles. The highest BCUT2D eigenvalue weighted by Gasteiger charge is 2.15. The van der Waals surface area contributed by atoms with Gasteiger partial charge in [-0.05, 0) is 29.7 Å². The zero-order chi connectivity index (χ0) is 20.1. The fraction of sp³-hybridized carbons (Fsp3) is 0.154. The second-order valence-electron chi connectivity index (χ2n) is 7.17. The lowest BCUT2D eigenvalue weighted by Gasteiger charge is -2.18. The first-order valence-corrected chi connectivity index (χ1v) is 10.0. The first-order valence-electron chi connectivity index (χ1n) is 10.0. The molecule has 4 aromatic rings. The molecule has 4 rings (SSSR count).